The fraction of sp³-hybridized carbons (Fsp3) is 0.941. The number of rotatable bonds is 0. The highest BCUT2D eigenvalue weighted by molar-refractivity contribution is 5.85. The first-order valence-electron chi connectivity index (χ1n) is 8.16. The van der Waals surface area contributed by atoms with E-state index in [-0.39, 0.29) is 29.0 Å². The van der Waals surface area contributed by atoms with Crippen molar-refractivity contribution in [1.29, 1.82) is 0 Å². The van der Waals surface area contributed by atoms with Gasteiger partial charge in [-0.15, -0.1) is 0 Å². The van der Waals surface area contributed by atoms with E-state index >= 15 is 0 Å². The monoisotopic (exact) mass is 279 g/mol. The Kier molecular flexibility index (Phi) is 3.03. The standard InChI is InChI=1S/C17H29NO2/c1-10-7-8-12-13(9-10)20-14-11(2)16(3,4)15(19)18(14)17(12,5)6/h10-14H,7-9H2,1-6H3/t10-,11+,12-,13-,14+/m1/s1. The fourth-order valence-corrected chi connectivity index (χ4v) is 4.61. The minimum atomic E-state index is -0.305. The molecule has 3 fully saturated rings. The summed E-state index contributed by atoms with van der Waals surface area (Å²) >= 11 is 0. The Balaban J connectivity index is 1.98. The van der Waals surface area contributed by atoms with Gasteiger partial charge in [0.2, 0.25) is 5.91 Å². The maximum Gasteiger partial charge on any atom is 0.231 e. The zero-order chi connectivity index (χ0) is 14.9. The second kappa shape index (κ2) is 4.22. The second-order valence-corrected chi connectivity index (χ2v) is 8.43. The van der Waals surface area contributed by atoms with Crippen LogP contribution in [0, 0.1) is 23.2 Å². The van der Waals surface area contributed by atoms with Crippen LogP contribution < -0.4 is 0 Å². The number of carbonyl (C=O) groups excluding carboxylic acids is 1. The molecule has 1 aliphatic carbocycles. The highest BCUT2D eigenvalue weighted by Gasteiger charge is 2.62. The Morgan fingerprint density at radius 2 is 1.80 bits per heavy atom. The van der Waals surface area contributed by atoms with Gasteiger partial charge in [-0.3, -0.25) is 4.79 Å². The zero-order valence-corrected chi connectivity index (χ0v) is 13.8. The predicted octanol–water partition coefficient (Wildman–Crippen LogP) is 3.43. The van der Waals surface area contributed by atoms with Crippen molar-refractivity contribution in [3.8, 4) is 0 Å². The predicted molar refractivity (Wildman–Crippen MR) is 79.0 cm³/mol. The van der Waals surface area contributed by atoms with Gasteiger partial charge in [-0.2, -0.15) is 0 Å². The minimum Gasteiger partial charge on any atom is -0.354 e. The van der Waals surface area contributed by atoms with Gasteiger partial charge in [-0.25, -0.2) is 0 Å². The molecule has 0 bridgehead atoms. The molecule has 2 heterocycles. The summed E-state index contributed by atoms with van der Waals surface area (Å²) in [7, 11) is 0. The van der Waals surface area contributed by atoms with Gasteiger partial charge in [0.15, 0.2) is 0 Å². The van der Waals surface area contributed by atoms with Gasteiger partial charge in [0.05, 0.1) is 11.5 Å². The van der Waals surface area contributed by atoms with Crippen LogP contribution in [-0.2, 0) is 9.53 Å². The summed E-state index contributed by atoms with van der Waals surface area (Å²) in [5.41, 5.74) is -0.381. The molecule has 2 saturated heterocycles. The number of nitrogens with zero attached hydrogens (tertiary/aromatic N) is 1. The highest BCUT2D eigenvalue weighted by atomic mass is 16.5. The molecule has 0 aromatic rings. The van der Waals surface area contributed by atoms with Gasteiger partial charge in [0.1, 0.15) is 6.23 Å². The summed E-state index contributed by atoms with van der Waals surface area (Å²) in [6.07, 6.45) is 3.90. The van der Waals surface area contributed by atoms with Crippen LogP contribution in [0.3, 0.4) is 0 Å². The van der Waals surface area contributed by atoms with Crippen molar-refractivity contribution in [3.63, 3.8) is 0 Å². The van der Waals surface area contributed by atoms with Gasteiger partial charge in [-0.1, -0.05) is 34.1 Å². The molecule has 20 heavy (non-hydrogen) atoms. The summed E-state index contributed by atoms with van der Waals surface area (Å²) < 4.78 is 6.44. The Morgan fingerprint density at radius 1 is 1.15 bits per heavy atom. The first kappa shape index (κ1) is 14.4. The van der Waals surface area contributed by atoms with Crippen LogP contribution in [0.4, 0.5) is 0 Å². The third kappa shape index (κ3) is 1.71. The van der Waals surface area contributed by atoms with Crippen LogP contribution >= 0.6 is 0 Å². The van der Waals surface area contributed by atoms with Crippen LogP contribution in [0.2, 0.25) is 0 Å². The molecular formula is C17H29NO2. The van der Waals surface area contributed by atoms with Crippen molar-refractivity contribution < 1.29 is 9.53 Å². The van der Waals surface area contributed by atoms with E-state index in [2.05, 4.69) is 46.4 Å². The Morgan fingerprint density at radius 3 is 2.45 bits per heavy atom. The molecule has 0 aromatic carbocycles. The molecule has 0 N–H and O–H groups in total. The molecule has 3 heteroatoms. The quantitative estimate of drug-likeness (QED) is 0.680. The maximum atomic E-state index is 12.9. The van der Waals surface area contributed by atoms with E-state index in [9.17, 15) is 4.79 Å². The first-order valence-corrected chi connectivity index (χ1v) is 8.16. The molecule has 2 aliphatic heterocycles. The Bertz CT molecular complexity index is 429. The van der Waals surface area contributed by atoms with Crippen molar-refractivity contribution in [2.24, 2.45) is 23.2 Å². The maximum absolute atomic E-state index is 12.9. The first-order chi connectivity index (χ1) is 9.17. The van der Waals surface area contributed by atoms with E-state index in [1.165, 1.54) is 12.8 Å². The van der Waals surface area contributed by atoms with E-state index in [4.69, 9.17) is 4.74 Å². The number of ether oxygens (including phenoxy) is 1. The van der Waals surface area contributed by atoms with Crippen molar-refractivity contribution in [2.75, 3.05) is 0 Å². The normalized spacial score (nSPS) is 46.0. The number of hydrogen-bond donors (Lipinski definition) is 0. The van der Waals surface area contributed by atoms with Crippen molar-refractivity contribution in [2.45, 2.75) is 78.7 Å². The molecule has 1 amide bonds. The van der Waals surface area contributed by atoms with Crippen LogP contribution in [0.15, 0.2) is 0 Å². The van der Waals surface area contributed by atoms with E-state index in [0.29, 0.717) is 12.0 Å². The third-order valence-electron chi connectivity index (χ3n) is 6.49. The van der Waals surface area contributed by atoms with Crippen molar-refractivity contribution in [3.05, 3.63) is 0 Å². The third-order valence-corrected chi connectivity index (χ3v) is 6.49. The van der Waals surface area contributed by atoms with Crippen LogP contribution in [0.1, 0.15) is 60.8 Å². The van der Waals surface area contributed by atoms with E-state index in [1.807, 2.05) is 0 Å². The molecule has 0 aromatic heterocycles. The van der Waals surface area contributed by atoms with Gasteiger partial charge >= 0.3 is 0 Å². The SMILES string of the molecule is C[C@@H]1CC[C@@H]2[C@@H](C1)O[C@H]1[C@H](C)C(C)(C)C(=O)N1C2(C)C. The lowest BCUT2D eigenvalue weighted by atomic mass is 9.70. The topological polar surface area (TPSA) is 29.5 Å². The van der Waals surface area contributed by atoms with Crippen LogP contribution in [0.25, 0.3) is 0 Å². The molecule has 1 saturated carbocycles. The zero-order valence-electron chi connectivity index (χ0n) is 13.8. The molecule has 114 valence electrons. The van der Waals surface area contributed by atoms with E-state index in [0.717, 1.165) is 12.3 Å². The lowest BCUT2D eigenvalue weighted by molar-refractivity contribution is -0.226. The molecule has 3 nitrogen and oxygen atoms in total. The number of amides is 1. The number of fused-ring (bicyclic) bond motifs is 2. The highest BCUT2D eigenvalue weighted by Crippen LogP contribution is 2.53. The molecule has 3 aliphatic rings. The van der Waals surface area contributed by atoms with Gasteiger partial charge in [0, 0.05) is 17.4 Å². The van der Waals surface area contributed by atoms with E-state index in [1.54, 1.807) is 0 Å². The van der Waals surface area contributed by atoms with E-state index < -0.39 is 0 Å². The van der Waals surface area contributed by atoms with Crippen LogP contribution in [-0.4, -0.2) is 28.7 Å². The number of hydrogen-bond acceptors (Lipinski definition) is 2. The molecule has 0 radical (unpaired) electrons. The summed E-state index contributed by atoms with van der Waals surface area (Å²) in [5, 5.41) is 0. The van der Waals surface area contributed by atoms with Gasteiger partial charge < -0.3 is 9.64 Å². The Hall–Kier alpha value is -0.570. The lowest BCUT2D eigenvalue weighted by Crippen LogP contribution is -2.64. The lowest BCUT2D eigenvalue weighted by Gasteiger charge is -2.55. The average molecular weight is 279 g/mol. The molecule has 3 rings (SSSR count). The largest absolute Gasteiger partial charge is 0.354 e. The van der Waals surface area contributed by atoms with Gasteiger partial charge in [0.25, 0.3) is 0 Å². The summed E-state index contributed by atoms with van der Waals surface area (Å²) in [6.45, 7) is 13.1. The molecular weight excluding hydrogens is 250 g/mol. The average Bonchev–Trinajstić information content (AvgIpc) is 2.51. The van der Waals surface area contributed by atoms with Crippen LogP contribution in [0.5, 0.6) is 0 Å². The van der Waals surface area contributed by atoms with Crippen molar-refractivity contribution >= 4 is 5.91 Å². The molecule has 0 spiro atoms. The second-order valence-electron chi connectivity index (χ2n) is 8.43. The summed E-state index contributed by atoms with van der Waals surface area (Å²) in [5.74, 6) is 1.77. The molecule has 5 atom stereocenters. The van der Waals surface area contributed by atoms with Gasteiger partial charge in [-0.05, 0) is 32.6 Å². The Labute approximate surface area is 123 Å². The summed E-state index contributed by atoms with van der Waals surface area (Å²) in [6, 6.07) is 0. The summed E-state index contributed by atoms with van der Waals surface area (Å²) in [4.78, 5) is 15.0. The fourth-order valence-electron chi connectivity index (χ4n) is 4.61. The molecule has 0 unspecified atom stereocenters. The van der Waals surface area contributed by atoms with Crippen molar-refractivity contribution in [1.82, 2.24) is 4.90 Å². The minimum absolute atomic E-state index is 0.0287. The number of carbonyl (C=O) groups is 1. The smallest absolute Gasteiger partial charge is 0.231 e.